The van der Waals surface area contributed by atoms with Gasteiger partial charge in [-0.1, -0.05) is 6.58 Å². The summed E-state index contributed by atoms with van der Waals surface area (Å²) in [5.74, 6) is -2.04. The van der Waals surface area contributed by atoms with Gasteiger partial charge in [0, 0.05) is 0 Å². The summed E-state index contributed by atoms with van der Waals surface area (Å²) < 4.78 is 4.67. The van der Waals surface area contributed by atoms with Crippen LogP contribution in [0, 0.1) is 0 Å². The van der Waals surface area contributed by atoms with Crippen molar-refractivity contribution in [1.82, 2.24) is 20.2 Å². The minimum atomic E-state index is -1.42. The summed E-state index contributed by atoms with van der Waals surface area (Å²) in [5, 5.41) is 17.7. The minimum absolute atomic E-state index is 0.407. The Balaban J connectivity index is 3.00. The molecule has 0 unspecified atom stereocenters. The van der Waals surface area contributed by atoms with Crippen molar-refractivity contribution in [3.05, 3.63) is 18.7 Å². The fraction of sp³-hybridized carbons (Fsp3) is 0. The smallest absolute Gasteiger partial charge is 0.443 e. The number of carbonyl (C=O) groups excluding carboxylic acids is 1. The van der Waals surface area contributed by atoms with Gasteiger partial charge in [0.25, 0.3) is 5.82 Å². The number of carbonyl (C=O) groups is 2. The van der Waals surface area contributed by atoms with E-state index in [-0.39, 0.29) is 0 Å². The maximum Gasteiger partial charge on any atom is 0.443 e. The lowest BCUT2D eigenvalue weighted by Gasteiger charge is -1.96. The first-order chi connectivity index (χ1) is 6.16. The second-order valence-corrected chi connectivity index (χ2v) is 1.77. The first-order valence-electron chi connectivity index (χ1n) is 3.00. The molecule has 1 heterocycles. The van der Waals surface area contributed by atoms with Crippen molar-refractivity contribution in [1.29, 1.82) is 0 Å². The molecular formula is C5H4N4O4. The van der Waals surface area contributed by atoms with Crippen molar-refractivity contribution in [2.24, 2.45) is 0 Å². The molecule has 1 aromatic rings. The largest absolute Gasteiger partial charge is 0.475 e. The molecular weight excluding hydrogens is 180 g/mol. The van der Waals surface area contributed by atoms with Gasteiger partial charge in [0.1, 0.15) is 0 Å². The van der Waals surface area contributed by atoms with Gasteiger partial charge in [-0.25, -0.2) is 9.59 Å². The van der Waals surface area contributed by atoms with Gasteiger partial charge in [-0.2, -0.15) is 0 Å². The number of tetrazole rings is 1. The number of aromatic nitrogens is 4. The molecule has 8 nitrogen and oxygen atoms in total. The molecule has 1 rings (SSSR count). The summed E-state index contributed by atoms with van der Waals surface area (Å²) >= 11 is 0. The molecule has 68 valence electrons. The number of hydrogen-bond acceptors (Lipinski definition) is 6. The zero-order chi connectivity index (χ0) is 9.84. The van der Waals surface area contributed by atoms with E-state index in [1.54, 1.807) is 0 Å². The molecule has 0 bridgehead atoms. The van der Waals surface area contributed by atoms with E-state index >= 15 is 0 Å². The van der Waals surface area contributed by atoms with E-state index < -0.39 is 17.9 Å². The quantitative estimate of drug-likeness (QED) is 0.487. The standard InChI is InChI=1S/C5H4N4O4/c1-2-13-5(12)9-3(4(10)11)6-7-8-9/h2H,1H2,(H,10,11). The highest BCUT2D eigenvalue weighted by Gasteiger charge is 2.19. The van der Waals surface area contributed by atoms with Gasteiger partial charge >= 0.3 is 12.1 Å². The topological polar surface area (TPSA) is 107 Å². The van der Waals surface area contributed by atoms with Crippen LogP contribution in [0.5, 0.6) is 0 Å². The number of carboxylic acids is 1. The van der Waals surface area contributed by atoms with E-state index in [4.69, 9.17) is 5.11 Å². The maximum absolute atomic E-state index is 10.9. The van der Waals surface area contributed by atoms with E-state index in [2.05, 4.69) is 26.8 Å². The zero-order valence-electron chi connectivity index (χ0n) is 6.25. The highest BCUT2D eigenvalue weighted by molar-refractivity contribution is 5.87. The lowest BCUT2D eigenvalue weighted by Crippen LogP contribution is -2.19. The van der Waals surface area contributed by atoms with Crippen LogP contribution in [0.1, 0.15) is 10.6 Å². The summed E-state index contributed by atoms with van der Waals surface area (Å²) in [6.45, 7) is 3.11. The van der Waals surface area contributed by atoms with Gasteiger partial charge < -0.3 is 9.84 Å². The van der Waals surface area contributed by atoms with Crippen LogP contribution in [0.4, 0.5) is 4.79 Å². The number of ether oxygens (including phenoxy) is 1. The fourth-order valence-electron chi connectivity index (χ4n) is 0.565. The molecule has 0 fully saturated rings. The van der Waals surface area contributed by atoms with Gasteiger partial charge in [-0.05, 0) is 10.4 Å². The van der Waals surface area contributed by atoms with Gasteiger partial charge in [0.2, 0.25) is 0 Å². The second kappa shape index (κ2) is 3.43. The van der Waals surface area contributed by atoms with Crippen molar-refractivity contribution in [2.75, 3.05) is 0 Å². The van der Waals surface area contributed by atoms with Crippen LogP contribution >= 0.6 is 0 Å². The molecule has 0 spiro atoms. The molecule has 1 N–H and O–H groups in total. The van der Waals surface area contributed by atoms with Crippen molar-refractivity contribution >= 4 is 12.1 Å². The van der Waals surface area contributed by atoms with E-state index in [9.17, 15) is 9.59 Å². The first-order valence-corrected chi connectivity index (χ1v) is 3.00. The van der Waals surface area contributed by atoms with Crippen LogP contribution in [0.15, 0.2) is 12.8 Å². The molecule has 0 saturated carbocycles. The van der Waals surface area contributed by atoms with E-state index in [0.29, 0.717) is 4.68 Å². The maximum atomic E-state index is 10.9. The Morgan fingerprint density at radius 3 is 2.85 bits per heavy atom. The Morgan fingerprint density at radius 1 is 1.62 bits per heavy atom. The Kier molecular flexibility index (Phi) is 2.33. The Morgan fingerprint density at radius 2 is 2.31 bits per heavy atom. The van der Waals surface area contributed by atoms with Crippen molar-refractivity contribution in [2.45, 2.75) is 0 Å². The molecule has 0 aromatic carbocycles. The number of nitrogens with zero attached hydrogens (tertiary/aromatic N) is 4. The summed E-state index contributed by atoms with van der Waals surface area (Å²) in [7, 11) is 0. The normalized spacial score (nSPS) is 9.23. The predicted molar refractivity (Wildman–Crippen MR) is 36.9 cm³/mol. The Hall–Kier alpha value is -2.25. The number of hydrogen-bond donors (Lipinski definition) is 1. The molecule has 0 aliphatic rings. The molecule has 0 atom stereocenters. The lowest BCUT2D eigenvalue weighted by atomic mass is 10.6. The van der Waals surface area contributed by atoms with Crippen LogP contribution in [-0.4, -0.2) is 37.4 Å². The highest BCUT2D eigenvalue weighted by Crippen LogP contribution is 1.93. The van der Waals surface area contributed by atoms with Gasteiger partial charge in [-0.15, -0.1) is 9.78 Å². The third kappa shape index (κ3) is 1.67. The van der Waals surface area contributed by atoms with E-state index in [1.807, 2.05) is 0 Å². The molecule has 0 aliphatic carbocycles. The average molecular weight is 184 g/mol. The number of rotatable bonds is 2. The predicted octanol–water partition coefficient (Wildman–Crippen LogP) is -0.501. The van der Waals surface area contributed by atoms with Crippen molar-refractivity contribution < 1.29 is 19.4 Å². The van der Waals surface area contributed by atoms with Crippen LogP contribution in [0.3, 0.4) is 0 Å². The Bertz CT molecular complexity index is 357. The van der Waals surface area contributed by atoms with Crippen molar-refractivity contribution in [3.63, 3.8) is 0 Å². The molecule has 1 aromatic heterocycles. The highest BCUT2D eigenvalue weighted by atomic mass is 16.5. The molecule has 0 aliphatic heterocycles. The summed E-state index contributed by atoms with van der Waals surface area (Å²) in [5.41, 5.74) is 0. The lowest BCUT2D eigenvalue weighted by molar-refractivity contribution is 0.0675. The average Bonchev–Trinajstić information content (AvgIpc) is 2.52. The minimum Gasteiger partial charge on any atom is -0.475 e. The first kappa shape index (κ1) is 8.84. The zero-order valence-corrected chi connectivity index (χ0v) is 6.25. The van der Waals surface area contributed by atoms with Gasteiger partial charge in [0.15, 0.2) is 0 Å². The number of carboxylic acid groups (broad SMARTS) is 1. The van der Waals surface area contributed by atoms with Crippen LogP contribution in [0.25, 0.3) is 0 Å². The fourth-order valence-corrected chi connectivity index (χ4v) is 0.565. The summed E-state index contributed by atoms with van der Waals surface area (Å²) in [6, 6.07) is 0. The molecule has 0 radical (unpaired) electrons. The third-order valence-electron chi connectivity index (χ3n) is 1.02. The van der Waals surface area contributed by atoms with E-state index in [0.717, 1.165) is 6.26 Å². The summed E-state index contributed by atoms with van der Waals surface area (Å²) in [6.07, 6.45) is -0.187. The SMILES string of the molecule is C=COC(=O)n1nnnc1C(=O)O. The molecule has 13 heavy (non-hydrogen) atoms. The monoisotopic (exact) mass is 184 g/mol. The van der Waals surface area contributed by atoms with Crippen LogP contribution in [0.2, 0.25) is 0 Å². The molecule has 0 saturated heterocycles. The van der Waals surface area contributed by atoms with Crippen LogP contribution < -0.4 is 0 Å². The van der Waals surface area contributed by atoms with Crippen molar-refractivity contribution in [3.8, 4) is 0 Å². The van der Waals surface area contributed by atoms with Gasteiger partial charge in [-0.3, -0.25) is 0 Å². The third-order valence-corrected chi connectivity index (χ3v) is 1.02. The summed E-state index contributed by atoms with van der Waals surface area (Å²) in [4.78, 5) is 21.3. The molecule has 0 amide bonds. The second-order valence-electron chi connectivity index (χ2n) is 1.77. The van der Waals surface area contributed by atoms with E-state index in [1.165, 1.54) is 0 Å². The van der Waals surface area contributed by atoms with Crippen LogP contribution in [-0.2, 0) is 4.74 Å². The Labute approximate surface area is 71.4 Å². The van der Waals surface area contributed by atoms with Gasteiger partial charge in [0.05, 0.1) is 6.26 Å². The molecule has 8 heteroatoms. The number of aromatic carboxylic acids is 1.